The third-order valence-electron chi connectivity index (χ3n) is 9.31. The number of fused-ring (bicyclic) bond motifs is 5. The summed E-state index contributed by atoms with van der Waals surface area (Å²) in [6.45, 7) is 13.1. The highest BCUT2D eigenvalue weighted by atomic mass is 19.1. The Morgan fingerprint density at radius 1 is 1.21 bits per heavy atom. The van der Waals surface area contributed by atoms with Gasteiger partial charge in [-0.15, -0.1) is 0 Å². The number of carbonyl (C=O) groups excluding carboxylic acids is 1. The topological polar surface area (TPSA) is 77.8 Å². The molecule has 4 rings (SSSR count). The minimum atomic E-state index is -1.95. The van der Waals surface area contributed by atoms with Crippen LogP contribution in [0.15, 0.2) is 36.1 Å². The minimum Gasteiger partial charge on any atom is -0.510 e. The molecule has 0 amide bonds. The molecule has 0 aromatic heterocycles. The van der Waals surface area contributed by atoms with E-state index in [-0.39, 0.29) is 29.8 Å². The van der Waals surface area contributed by atoms with Crippen molar-refractivity contribution in [2.24, 2.45) is 34.0 Å². The second-order valence-corrected chi connectivity index (χ2v) is 11.0. The van der Waals surface area contributed by atoms with Crippen molar-refractivity contribution in [1.82, 2.24) is 0 Å². The molecule has 0 heterocycles. The normalized spacial score (nSPS) is 53.0. The molecular weight excluding hydrogens is 371 g/mol. The maximum Gasteiger partial charge on any atom is 0.178 e. The Morgan fingerprint density at radius 3 is 2.41 bits per heavy atom. The molecule has 0 radical (unpaired) electrons. The molecule has 0 spiro atoms. The predicted octanol–water partition coefficient (Wildman–Crippen LogP) is 4.04. The van der Waals surface area contributed by atoms with E-state index in [2.05, 4.69) is 6.58 Å². The summed E-state index contributed by atoms with van der Waals surface area (Å²) in [6.07, 6.45) is 4.26. The van der Waals surface area contributed by atoms with Gasteiger partial charge in [-0.25, -0.2) is 4.39 Å². The van der Waals surface area contributed by atoms with Crippen molar-refractivity contribution >= 4 is 5.78 Å². The highest BCUT2D eigenvalue weighted by Gasteiger charge is 2.77. The Hall–Kier alpha value is -1.46. The Labute approximate surface area is 172 Å². The second kappa shape index (κ2) is 5.61. The van der Waals surface area contributed by atoms with Crippen molar-refractivity contribution in [2.75, 3.05) is 0 Å². The summed E-state index contributed by atoms with van der Waals surface area (Å²) >= 11 is 0. The molecule has 0 aromatic carbocycles. The van der Waals surface area contributed by atoms with Gasteiger partial charge in [-0.3, -0.25) is 4.79 Å². The van der Waals surface area contributed by atoms with Gasteiger partial charge in [0.15, 0.2) is 11.5 Å². The molecular formula is C24H33FO4. The van der Waals surface area contributed by atoms with Gasteiger partial charge in [-0.05, 0) is 50.2 Å². The van der Waals surface area contributed by atoms with Gasteiger partial charge in [0.1, 0.15) is 11.4 Å². The molecule has 3 saturated carbocycles. The Balaban J connectivity index is 1.91. The number of hydrogen-bond acceptors (Lipinski definition) is 4. The number of carbonyl (C=O) groups is 1. The number of aliphatic hydroxyl groups is 3. The molecule has 8 atom stereocenters. The summed E-state index contributed by atoms with van der Waals surface area (Å²) in [5, 5.41) is 33.4. The average Bonchev–Trinajstić information content (AvgIpc) is 2.77. The molecule has 3 N–H and O–H groups in total. The van der Waals surface area contributed by atoms with E-state index in [4.69, 9.17) is 0 Å². The summed E-state index contributed by atoms with van der Waals surface area (Å²) < 4.78 is 17.1. The van der Waals surface area contributed by atoms with Crippen LogP contribution in [0.2, 0.25) is 0 Å². The summed E-state index contributed by atoms with van der Waals surface area (Å²) in [5.41, 5.74) is -5.54. The van der Waals surface area contributed by atoms with Crippen LogP contribution in [-0.2, 0) is 4.79 Å². The van der Waals surface area contributed by atoms with Gasteiger partial charge in [-0.2, -0.15) is 0 Å². The third kappa shape index (κ3) is 2.09. The van der Waals surface area contributed by atoms with Crippen molar-refractivity contribution in [3.8, 4) is 0 Å². The molecule has 4 nitrogen and oxygen atoms in total. The SMILES string of the molecule is C=C(O)[C@@]1(O)C(C)(C)CC2C3C[C@H](C)C4=CC(=O)C=CC4(C)[C@@]3(F)C(O)CC21C. The van der Waals surface area contributed by atoms with Gasteiger partial charge in [0.25, 0.3) is 0 Å². The smallest absolute Gasteiger partial charge is 0.178 e. The summed E-state index contributed by atoms with van der Waals surface area (Å²) in [5.74, 6) is -1.24. The molecule has 0 bridgehead atoms. The molecule has 5 unspecified atom stereocenters. The largest absolute Gasteiger partial charge is 0.510 e. The Morgan fingerprint density at radius 2 is 1.83 bits per heavy atom. The first kappa shape index (κ1) is 20.8. The molecule has 3 fully saturated rings. The van der Waals surface area contributed by atoms with E-state index in [1.54, 1.807) is 13.0 Å². The van der Waals surface area contributed by atoms with Crippen LogP contribution in [-0.4, -0.2) is 38.5 Å². The quantitative estimate of drug-likeness (QED) is 0.577. The molecule has 0 aromatic rings. The fourth-order valence-corrected chi connectivity index (χ4v) is 7.93. The van der Waals surface area contributed by atoms with Crippen molar-refractivity contribution in [3.63, 3.8) is 0 Å². The minimum absolute atomic E-state index is 0.0171. The Kier molecular flexibility index (Phi) is 4.02. The first-order valence-corrected chi connectivity index (χ1v) is 10.6. The van der Waals surface area contributed by atoms with Crippen LogP contribution in [0.3, 0.4) is 0 Å². The summed E-state index contributed by atoms with van der Waals surface area (Å²) in [4.78, 5) is 12.0. The van der Waals surface area contributed by atoms with Crippen LogP contribution >= 0.6 is 0 Å². The zero-order chi connectivity index (χ0) is 21.8. The van der Waals surface area contributed by atoms with E-state index >= 15 is 4.39 Å². The van der Waals surface area contributed by atoms with Crippen LogP contribution in [0.1, 0.15) is 53.9 Å². The lowest BCUT2D eigenvalue weighted by molar-refractivity contribution is -0.224. The molecule has 4 aliphatic carbocycles. The first-order valence-electron chi connectivity index (χ1n) is 10.6. The second-order valence-electron chi connectivity index (χ2n) is 11.0. The highest BCUT2D eigenvalue weighted by molar-refractivity contribution is 6.01. The molecule has 5 heteroatoms. The molecule has 29 heavy (non-hydrogen) atoms. The van der Waals surface area contributed by atoms with Crippen LogP contribution in [0.4, 0.5) is 4.39 Å². The lowest BCUT2D eigenvalue weighted by Gasteiger charge is -2.63. The van der Waals surface area contributed by atoms with E-state index in [9.17, 15) is 20.1 Å². The van der Waals surface area contributed by atoms with Crippen molar-refractivity contribution < 1.29 is 24.5 Å². The number of ketones is 1. The van der Waals surface area contributed by atoms with Gasteiger partial charge in [0.05, 0.1) is 6.10 Å². The van der Waals surface area contributed by atoms with Crippen molar-refractivity contribution in [3.05, 3.63) is 36.1 Å². The van der Waals surface area contributed by atoms with Crippen molar-refractivity contribution in [1.29, 1.82) is 0 Å². The summed E-state index contributed by atoms with van der Waals surface area (Å²) in [7, 11) is 0. The molecule has 4 aliphatic rings. The molecule has 0 aliphatic heterocycles. The number of rotatable bonds is 1. The number of alkyl halides is 1. The third-order valence-corrected chi connectivity index (χ3v) is 9.31. The maximum atomic E-state index is 17.1. The zero-order valence-corrected chi connectivity index (χ0v) is 18.0. The first-order chi connectivity index (χ1) is 13.2. The van der Waals surface area contributed by atoms with Crippen LogP contribution in [0.25, 0.3) is 0 Å². The monoisotopic (exact) mass is 404 g/mol. The number of halogens is 1. The number of allylic oxidation sites excluding steroid dienone is 4. The lowest BCUT2D eigenvalue weighted by Crippen LogP contribution is -2.69. The summed E-state index contributed by atoms with van der Waals surface area (Å²) in [6, 6.07) is 0. The maximum absolute atomic E-state index is 17.1. The van der Waals surface area contributed by atoms with E-state index in [1.807, 2.05) is 27.7 Å². The fourth-order valence-electron chi connectivity index (χ4n) is 7.93. The van der Waals surface area contributed by atoms with Gasteiger partial charge in [-0.1, -0.05) is 45.9 Å². The number of hydrogen-bond donors (Lipinski definition) is 3. The highest BCUT2D eigenvalue weighted by Crippen LogP contribution is 2.74. The molecule has 0 saturated heterocycles. The average molecular weight is 405 g/mol. The van der Waals surface area contributed by atoms with E-state index in [1.165, 1.54) is 12.2 Å². The van der Waals surface area contributed by atoms with E-state index < -0.39 is 39.5 Å². The predicted molar refractivity (Wildman–Crippen MR) is 109 cm³/mol. The van der Waals surface area contributed by atoms with Gasteiger partial charge >= 0.3 is 0 Å². The zero-order valence-electron chi connectivity index (χ0n) is 18.0. The molecule has 160 valence electrons. The fraction of sp³-hybridized carbons (Fsp3) is 0.708. The van der Waals surface area contributed by atoms with E-state index in [0.717, 1.165) is 5.57 Å². The van der Waals surface area contributed by atoms with Gasteiger partial charge in [0, 0.05) is 22.2 Å². The van der Waals surface area contributed by atoms with E-state index in [0.29, 0.717) is 12.8 Å². The standard InChI is InChI=1S/C24H33FO4/c1-13-9-17-18-11-20(3,4)24(29,14(2)26)22(18,6)12-19(28)23(17,25)21(5)8-7-15(27)10-16(13)21/h7-8,10,13,17-19,26,28-29H,2,9,11-12H2,1,3-6H3/t13-,17?,18?,19?,21?,22?,23-,24+/m0/s1. The van der Waals surface area contributed by atoms with Gasteiger partial charge < -0.3 is 15.3 Å². The van der Waals surface area contributed by atoms with Crippen LogP contribution in [0.5, 0.6) is 0 Å². The Bertz CT molecular complexity index is 859. The van der Waals surface area contributed by atoms with Crippen LogP contribution < -0.4 is 0 Å². The lowest BCUT2D eigenvalue weighted by atomic mass is 9.43. The van der Waals surface area contributed by atoms with Crippen molar-refractivity contribution in [2.45, 2.75) is 71.3 Å². The van der Waals surface area contributed by atoms with Gasteiger partial charge in [0.2, 0.25) is 0 Å². The number of aliphatic hydroxyl groups excluding tert-OH is 2. The van der Waals surface area contributed by atoms with Crippen LogP contribution in [0, 0.1) is 34.0 Å².